The molecule has 1 heterocycles. The topological polar surface area (TPSA) is 118 Å². The number of nitrogen functional groups attached to an aromatic ring is 1. The van der Waals surface area contributed by atoms with Gasteiger partial charge in [0.1, 0.15) is 23.8 Å². The molecule has 0 radical (unpaired) electrons. The smallest absolute Gasteiger partial charge is 0.360 e. The van der Waals surface area contributed by atoms with Crippen molar-refractivity contribution in [3.05, 3.63) is 40.8 Å². The normalized spacial score (nSPS) is 9.71. The average molecular weight is 281 g/mol. The van der Waals surface area contributed by atoms with E-state index in [1.54, 1.807) is 13.0 Å². The summed E-state index contributed by atoms with van der Waals surface area (Å²) < 4.78 is 6.13. The van der Waals surface area contributed by atoms with Crippen molar-refractivity contribution in [1.29, 1.82) is 10.5 Å². The summed E-state index contributed by atoms with van der Waals surface area (Å²) in [6.45, 7) is 1.67. The number of hydrogen-bond acceptors (Lipinski definition) is 6. The lowest BCUT2D eigenvalue weighted by Crippen LogP contribution is -2.08. The van der Waals surface area contributed by atoms with E-state index >= 15 is 0 Å². The number of aryl methyl sites for hydroxylation is 1. The summed E-state index contributed by atoms with van der Waals surface area (Å²) in [5.74, 6) is -0.0436. The fourth-order valence-corrected chi connectivity index (χ4v) is 1.98. The number of anilines is 1. The van der Waals surface area contributed by atoms with Crippen molar-refractivity contribution >= 4 is 11.8 Å². The molecule has 0 aliphatic heterocycles. The van der Waals surface area contributed by atoms with E-state index in [-0.39, 0.29) is 22.6 Å². The molecule has 0 unspecified atom stereocenters. The number of carbonyl (C=O) groups excluding carboxylic acids is 1. The number of methoxy groups -OCH3 is 1. The first-order chi connectivity index (χ1) is 10.0. The molecule has 0 amide bonds. The molecule has 1 aromatic heterocycles. The van der Waals surface area contributed by atoms with Crippen LogP contribution in [-0.4, -0.2) is 22.6 Å². The van der Waals surface area contributed by atoms with Gasteiger partial charge in [0.15, 0.2) is 5.69 Å². The van der Waals surface area contributed by atoms with Gasteiger partial charge in [0.05, 0.1) is 23.9 Å². The average Bonchev–Trinajstić information content (AvgIpc) is 2.80. The highest BCUT2D eigenvalue weighted by molar-refractivity contribution is 5.92. The first kappa shape index (κ1) is 14.1. The van der Waals surface area contributed by atoms with Gasteiger partial charge in [0, 0.05) is 0 Å². The Labute approximate surface area is 120 Å². The Hall–Kier alpha value is -3.32. The Morgan fingerprint density at radius 2 is 2.00 bits per heavy atom. The number of carbonyl (C=O) groups is 1. The molecule has 21 heavy (non-hydrogen) atoms. The lowest BCUT2D eigenvalue weighted by Gasteiger charge is -2.08. The Bertz CT molecular complexity index is 808. The molecule has 2 rings (SSSR count). The van der Waals surface area contributed by atoms with Crippen molar-refractivity contribution in [2.45, 2.75) is 6.92 Å². The fraction of sp³-hybridized carbons (Fsp3) is 0.143. The maximum Gasteiger partial charge on any atom is 0.360 e. The second-order valence-electron chi connectivity index (χ2n) is 4.17. The van der Waals surface area contributed by atoms with E-state index in [1.165, 1.54) is 23.8 Å². The summed E-state index contributed by atoms with van der Waals surface area (Å²) in [5, 5.41) is 18.0. The molecule has 0 fully saturated rings. The zero-order valence-corrected chi connectivity index (χ0v) is 11.4. The fourth-order valence-electron chi connectivity index (χ4n) is 1.98. The first-order valence-corrected chi connectivity index (χ1v) is 5.91. The molecular weight excluding hydrogens is 270 g/mol. The number of hydrogen-bond donors (Lipinski definition) is 1. The number of rotatable bonds is 2. The lowest BCUT2D eigenvalue weighted by atomic mass is 10.1. The van der Waals surface area contributed by atoms with Gasteiger partial charge in [-0.25, -0.2) is 9.78 Å². The standard InChI is InChI=1S/C14H11N5O2/c1-8-18-12(14(20)21-2)13(17)19(8)11-4-3-9(6-15)10(5-11)7-16/h3-5H,17H2,1-2H3. The van der Waals surface area contributed by atoms with Gasteiger partial charge in [-0.05, 0) is 25.1 Å². The predicted octanol–water partition coefficient (Wildman–Crippen LogP) is 1.29. The molecule has 1 aromatic carbocycles. The van der Waals surface area contributed by atoms with Crippen molar-refractivity contribution < 1.29 is 9.53 Å². The SMILES string of the molecule is COC(=O)c1nc(C)n(-c2ccc(C#N)c(C#N)c2)c1N. The van der Waals surface area contributed by atoms with Crippen LogP contribution in [0.3, 0.4) is 0 Å². The predicted molar refractivity (Wildman–Crippen MR) is 73.5 cm³/mol. The highest BCUT2D eigenvalue weighted by atomic mass is 16.5. The number of imidazole rings is 1. The molecule has 0 atom stereocenters. The van der Waals surface area contributed by atoms with Crippen LogP contribution in [0, 0.1) is 29.6 Å². The van der Waals surface area contributed by atoms with Crippen LogP contribution in [0.15, 0.2) is 18.2 Å². The van der Waals surface area contributed by atoms with Crippen LogP contribution >= 0.6 is 0 Å². The van der Waals surface area contributed by atoms with E-state index in [9.17, 15) is 4.79 Å². The number of benzene rings is 1. The highest BCUT2D eigenvalue weighted by Gasteiger charge is 2.20. The monoisotopic (exact) mass is 281 g/mol. The minimum absolute atomic E-state index is 0.0119. The van der Waals surface area contributed by atoms with E-state index in [2.05, 4.69) is 9.72 Å². The van der Waals surface area contributed by atoms with Crippen LogP contribution in [0.25, 0.3) is 5.69 Å². The number of nitrogens with two attached hydrogens (primary N) is 1. The molecule has 0 spiro atoms. The Balaban J connectivity index is 2.64. The van der Waals surface area contributed by atoms with Crippen molar-refractivity contribution in [3.63, 3.8) is 0 Å². The van der Waals surface area contributed by atoms with Gasteiger partial charge < -0.3 is 10.5 Å². The first-order valence-electron chi connectivity index (χ1n) is 5.91. The van der Waals surface area contributed by atoms with Gasteiger partial charge in [-0.1, -0.05) is 0 Å². The van der Waals surface area contributed by atoms with Crippen LogP contribution in [-0.2, 0) is 4.74 Å². The summed E-state index contributed by atoms with van der Waals surface area (Å²) in [6, 6.07) is 8.55. The number of esters is 1. The Morgan fingerprint density at radius 3 is 2.57 bits per heavy atom. The van der Waals surface area contributed by atoms with Gasteiger partial charge in [-0.3, -0.25) is 4.57 Å². The molecule has 0 saturated carbocycles. The second kappa shape index (κ2) is 5.35. The van der Waals surface area contributed by atoms with Crippen LogP contribution < -0.4 is 5.73 Å². The molecule has 0 aliphatic carbocycles. The Morgan fingerprint density at radius 1 is 1.33 bits per heavy atom. The van der Waals surface area contributed by atoms with E-state index < -0.39 is 5.97 Å². The molecule has 2 N–H and O–H groups in total. The molecular formula is C14H11N5O2. The Kier molecular flexibility index (Phi) is 3.59. The van der Waals surface area contributed by atoms with Gasteiger partial charge in [-0.15, -0.1) is 0 Å². The quantitative estimate of drug-likeness (QED) is 0.829. The van der Waals surface area contributed by atoms with Gasteiger partial charge in [-0.2, -0.15) is 10.5 Å². The summed E-state index contributed by atoms with van der Waals surface area (Å²) in [4.78, 5) is 15.7. The van der Waals surface area contributed by atoms with Gasteiger partial charge in [0.25, 0.3) is 0 Å². The number of aromatic nitrogens is 2. The van der Waals surface area contributed by atoms with E-state index in [4.69, 9.17) is 16.3 Å². The zero-order chi connectivity index (χ0) is 15.6. The number of ether oxygens (including phenoxy) is 1. The van der Waals surface area contributed by atoms with Crippen molar-refractivity contribution in [2.24, 2.45) is 0 Å². The molecule has 0 aliphatic rings. The molecule has 2 aromatic rings. The summed E-state index contributed by atoms with van der Waals surface area (Å²) in [6.07, 6.45) is 0. The van der Waals surface area contributed by atoms with Gasteiger partial charge >= 0.3 is 5.97 Å². The van der Waals surface area contributed by atoms with Crippen molar-refractivity contribution in [3.8, 4) is 17.8 Å². The van der Waals surface area contributed by atoms with Crippen LogP contribution in [0.2, 0.25) is 0 Å². The van der Waals surface area contributed by atoms with Crippen LogP contribution in [0.5, 0.6) is 0 Å². The molecule has 0 bridgehead atoms. The number of nitrogens with zero attached hydrogens (tertiary/aromatic N) is 4. The van der Waals surface area contributed by atoms with E-state index in [1.807, 2.05) is 12.1 Å². The second-order valence-corrected chi connectivity index (χ2v) is 4.17. The molecule has 7 nitrogen and oxygen atoms in total. The number of nitriles is 2. The van der Waals surface area contributed by atoms with Crippen molar-refractivity contribution in [1.82, 2.24) is 9.55 Å². The van der Waals surface area contributed by atoms with Gasteiger partial charge in [0.2, 0.25) is 0 Å². The third kappa shape index (κ3) is 2.28. The molecule has 7 heteroatoms. The van der Waals surface area contributed by atoms with E-state index in [0.717, 1.165) is 0 Å². The largest absolute Gasteiger partial charge is 0.464 e. The van der Waals surface area contributed by atoms with Crippen LogP contribution in [0.4, 0.5) is 5.82 Å². The summed E-state index contributed by atoms with van der Waals surface area (Å²) in [7, 11) is 1.24. The highest BCUT2D eigenvalue weighted by Crippen LogP contribution is 2.23. The molecule has 104 valence electrons. The molecule has 0 saturated heterocycles. The van der Waals surface area contributed by atoms with Crippen LogP contribution in [0.1, 0.15) is 27.4 Å². The summed E-state index contributed by atoms with van der Waals surface area (Å²) in [5.41, 5.74) is 6.98. The summed E-state index contributed by atoms with van der Waals surface area (Å²) >= 11 is 0. The van der Waals surface area contributed by atoms with E-state index in [0.29, 0.717) is 11.5 Å². The maximum atomic E-state index is 11.6. The minimum atomic E-state index is -0.636. The van der Waals surface area contributed by atoms with Crippen molar-refractivity contribution in [2.75, 3.05) is 12.8 Å². The minimum Gasteiger partial charge on any atom is -0.464 e. The maximum absolute atomic E-state index is 11.6. The zero-order valence-electron chi connectivity index (χ0n) is 11.4. The lowest BCUT2D eigenvalue weighted by molar-refractivity contribution is 0.0596. The third-order valence-electron chi connectivity index (χ3n) is 2.96. The third-order valence-corrected chi connectivity index (χ3v) is 2.96.